The first-order valence-corrected chi connectivity index (χ1v) is 11.1. The largest absolute Gasteiger partial charge is 0.492 e. The maximum absolute atomic E-state index is 12.7. The fraction of sp³-hybridized carbons (Fsp3) is 0.400. The van der Waals surface area contributed by atoms with E-state index in [1.54, 1.807) is 19.1 Å². The van der Waals surface area contributed by atoms with Gasteiger partial charge in [0.25, 0.3) is 5.91 Å². The minimum absolute atomic E-state index is 0.0208. The summed E-state index contributed by atoms with van der Waals surface area (Å²) in [6.45, 7) is 3.97. The van der Waals surface area contributed by atoms with E-state index in [0.717, 1.165) is 23.7 Å². The average Bonchev–Trinajstić information content (AvgIpc) is 3.25. The maximum Gasteiger partial charge on any atom is 0.251 e. The van der Waals surface area contributed by atoms with Crippen molar-refractivity contribution in [3.05, 3.63) is 42.1 Å². The molecule has 0 bridgehead atoms. The van der Waals surface area contributed by atoms with Crippen molar-refractivity contribution in [2.75, 3.05) is 19.0 Å². The van der Waals surface area contributed by atoms with E-state index < -0.39 is 5.60 Å². The predicted molar refractivity (Wildman–Crippen MR) is 130 cm³/mol. The first-order valence-electron chi connectivity index (χ1n) is 11.1. The molecular weight excluding hydrogens is 436 g/mol. The second kappa shape index (κ2) is 10.9. The number of allylic oxidation sites excluding steroid dienone is 2. The average molecular weight is 467 g/mol. The van der Waals surface area contributed by atoms with Gasteiger partial charge in [0.2, 0.25) is 5.90 Å². The fourth-order valence-electron chi connectivity index (χ4n) is 3.83. The van der Waals surface area contributed by atoms with E-state index in [1.165, 1.54) is 13.2 Å². The van der Waals surface area contributed by atoms with Crippen LogP contribution in [0.4, 0.5) is 5.69 Å². The lowest BCUT2D eigenvalue weighted by atomic mass is 9.83. The Morgan fingerprint density at radius 3 is 2.79 bits per heavy atom. The van der Waals surface area contributed by atoms with Gasteiger partial charge in [-0.05, 0) is 50.8 Å². The van der Waals surface area contributed by atoms with Crippen LogP contribution in [0.15, 0.2) is 47.3 Å². The third kappa shape index (κ3) is 5.77. The number of hydrogen-bond donors (Lipinski definition) is 3. The zero-order valence-corrected chi connectivity index (χ0v) is 19.6. The summed E-state index contributed by atoms with van der Waals surface area (Å²) in [4.78, 5) is 12.7. The van der Waals surface area contributed by atoms with Crippen LogP contribution in [0.1, 0.15) is 45.6 Å². The quantitative estimate of drug-likeness (QED) is 0.109. The molecule has 0 unspecified atom stereocenters. The number of ether oxygens (including phenoxy) is 2. The Hall–Kier alpha value is -3.77. The van der Waals surface area contributed by atoms with Gasteiger partial charge >= 0.3 is 0 Å². The molecule has 180 valence electrons. The van der Waals surface area contributed by atoms with E-state index in [4.69, 9.17) is 26.2 Å². The number of anilines is 1. The Labute approximate surface area is 198 Å². The minimum atomic E-state index is -1.03. The normalized spacial score (nSPS) is 21.4. The lowest BCUT2D eigenvalue weighted by Gasteiger charge is -2.32. The number of terminal acetylenes is 1. The Morgan fingerprint density at radius 2 is 2.18 bits per heavy atom. The number of benzene rings is 1. The van der Waals surface area contributed by atoms with E-state index in [-0.39, 0.29) is 17.8 Å². The number of hydrogen-bond acceptors (Lipinski definition) is 7. The lowest BCUT2D eigenvalue weighted by molar-refractivity contribution is -0.112. The van der Waals surface area contributed by atoms with Crippen LogP contribution in [0.3, 0.4) is 0 Å². The van der Waals surface area contributed by atoms with Crippen molar-refractivity contribution in [2.45, 2.75) is 51.2 Å². The van der Waals surface area contributed by atoms with Crippen LogP contribution < -0.4 is 10.1 Å². The highest BCUT2D eigenvalue weighted by molar-refractivity contribution is 6.05. The molecule has 34 heavy (non-hydrogen) atoms. The van der Waals surface area contributed by atoms with Crippen molar-refractivity contribution < 1.29 is 24.6 Å². The molecule has 0 spiro atoms. The molecule has 2 aromatic rings. The molecule has 1 fully saturated rings. The highest BCUT2D eigenvalue weighted by atomic mass is 16.5. The van der Waals surface area contributed by atoms with E-state index in [2.05, 4.69) is 16.4 Å². The van der Waals surface area contributed by atoms with Crippen LogP contribution in [0.25, 0.3) is 10.9 Å². The van der Waals surface area contributed by atoms with Gasteiger partial charge < -0.3 is 25.1 Å². The third-order valence-corrected chi connectivity index (χ3v) is 5.85. The smallest absolute Gasteiger partial charge is 0.251 e. The van der Waals surface area contributed by atoms with Crippen LogP contribution in [-0.2, 0) is 9.53 Å². The Bertz CT molecular complexity index is 1160. The van der Waals surface area contributed by atoms with Gasteiger partial charge in [-0.2, -0.15) is 5.10 Å². The molecule has 1 aliphatic carbocycles. The monoisotopic (exact) mass is 466 g/mol. The number of nitrogens with zero attached hydrogens (tertiary/aromatic N) is 3. The molecule has 1 saturated carbocycles. The fourth-order valence-corrected chi connectivity index (χ4v) is 3.83. The maximum atomic E-state index is 12.7. The predicted octanol–water partition coefficient (Wildman–Crippen LogP) is 3.79. The first kappa shape index (κ1) is 24.9. The SMILES string of the molecule is C#CC1(O)CCC(n2cc3cc(NC(=O)/C(C)=C/C=C\C(=N\O)OC)c(OCC)cc3n2)CC1. The summed E-state index contributed by atoms with van der Waals surface area (Å²) in [6.07, 6.45) is 14.5. The van der Waals surface area contributed by atoms with E-state index in [0.29, 0.717) is 36.5 Å². The molecule has 3 N–H and O–H groups in total. The number of methoxy groups -OCH3 is 1. The Morgan fingerprint density at radius 1 is 1.44 bits per heavy atom. The Kier molecular flexibility index (Phi) is 7.97. The van der Waals surface area contributed by atoms with E-state index in [1.807, 2.05) is 29.9 Å². The van der Waals surface area contributed by atoms with Crippen molar-refractivity contribution in [2.24, 2.45) is 5.16 Å². The van der Waals surface area contributed by atoms with Crippen molar-refractivity contribution >= 4 is 28.4 Å². The number of carbonyl (C=O) groups excluding carboxylic acids is 1. The van der Waals surface area contributed by atoms with Gasteiger partial charge in [-0.3, -0.25) is 9.48 Å². The number of rotatable bonds is 7. The van der Waals surface area contributed by atoms with Crippen LogP contribution in [0.2, 0.25) is 0 Å². The summed E-state index contributed by atoms with van der Waals surface area (Å²) in [6, 6.07) is 3.80. The summed E-state index contributed by atoms with van der Waals surface area (Å²) in [5.41, 5.74) is 0.700. The van der Waals surface area contributed by atoms with Crippen molar-refractivity contribution in [3.8, 4) is 18.1 Å². The molecule has 0 aliphatic heterocycles. The van der Waals surface area contributed by atoms with Crippen molar-refractivity contribution in [1.29, 1.82) is 0 Å². The molecule has 1 aliphatic rings. The van der Waals surface area contributed by atoms with Gasteiger partial charge in [0, 0.05) is 29.3 Å². The number of nitrogens with one attached hydrogen (secondary N) is 1. The number of carbonyl (C=O) groups is 1. The van der Waals surface area contributed by atoms with Crippen LogP contribution in [0.5, 0.6) is 5.75 Å². The molecule has 9 nitrogen and oxygen atoms in total. The number of amides is 1. The number of aliphatic hydroxyl groups is 1. The topological polar surface area (TPSA) is 118 Å². The van der Waals surface area contributed by atoms with Crippen molar-refractivity contribution in [3.63, 3.8) is 0 Å². The zero-order chi connectivity index (χ0) is 24.7. The van der Waals surface area contributed by atoms with Gasteiger partial charge in [0.15, 0.2) is 0 Å². The highest BCUT2D eigenvalue weighted by Gasteiger charge is 2.32. The minimum Gasteiger partial charge on any atom is -0.492 e. The molecule has 9 heteroatoms. The number of oxime groups is 1. The molecule has 1 heterocycles. The molecular formula is C25H30N4O5. The van der Waals surface area contributed by atoms with Crippen molar-refractivity contribution in [1.82, 2.24) is 9.78 Å². The van der Waals surface area contributed by atoms with Gasteiger partial charge in [-0.15, -0.1) is 6.42 Å². The number of fused-ring (bicyclic) bond motifs is 1. The standard InChI is InChI=1S/C25H30N4O5/c1-5-25(31)12-10-19(11-13-25)29-16-18-14-21(22(34-6-2)15-20(18)27-29)26-24(30)17(3)8-7-9-23(28-32)33-4/h1,7-9,14-16,19,31-32H,6,10-13H2,2-4H3,(H,26,30)/b9-7-,17-8+,28-23-. The van der Waals surface area contributed by atoms with E-state index in [9.17, 15) is 9.90 Å². The molecule has 3 rings (SSSR count). The third-order valence-electron chi connectivity index (χ3n) is 5.85. The van der Waals surface area contributed by atoms with Gasteiger partial charge in [-0.25, -0.2) is 0 Å². The molecule has 0 atom stereocenters. The van der Waals surface area contributed by atoms with E-state index >= 15 is 0 Å². The highest BCUT2D eigenvalue weighted by Crippen LogP contribution is 2.36. The zero-order valence-electron chi connectivity index (χ0n) is 19.6. The number of aromatic nitrogens is 2. The summed E-state index contributed by atoms with van der Waals surface area (Å²) in [7, 11) is 1.38. The second-order valence-corrected chi connectivity index (χ2v) is 8.16. The van der Waals surface area contributed by atoms with Crippen LogP contribution in [-0.4, -0.2) is 51.2 Å². The van der Waals surface area contributed by atoms with Gasteiger partial charge in [0.1, 0.15) is 11.4 Å². The summed E-state index contributed by atoms with van der Waals surface area (Å²) in [5, 5.41) is 30.5. The summed E-state index contributed by atoms with van der Waals surface area (Å²) in [5.74, 6) is 2.73. The second-order valence-electron chi connectivity index (χ2n) is 8.16. The van der Waals surface area contributed by atoms with Crippen LogP contribution >= 0.6 is 0 Å². The van der Waals surface area contributed by atoms with Gasteiger partial charge in [0.05, 0.1) is 31.0 Å². The van der Waals surface area contributed by atoms with Gasteiger partial charge in [-0.1, -0.05) is 18.1 Å². The molecule has 1 amide bonds. The lowest BCUT2D eigenvalue weighted by Crippen LogP contribution is -2.33. The molecule has 0 saturated heterocycles. The molecule has 1 aromatic carbocycles. The summed E-state index contributed by atoms with van der Waals surface area (Å²) >= 11 is 0. The Balaban J connectivity index is 1.81. The molecule has 0 radical (unpaired) electrons. The first-order chi connectivity index (χ1) is 16.3. The van der Waals surface area contributed by atoms with Crippen LogP contribution in [0, 0.1) is 12.3 Å². The summed E-state index contributed by atoms with van der Waals surface area (Å²) < 4.78 is 12.5. The molecule has 1 aromatic heterocycles.